The van der Waals surface area contributed by atoms with Crippen molar-refractivity contribution >= 4 is 11.6 Å². The van der Waals surface area contributed by atoms with Crippen LogP contribution < -0.4 is 10.6 Å². The van der Waals surface area contributed by atoms with Crippen LogP contribution in [0.15, 0.2) is 0 Å². The highest BCUT2D eigenvalue weighted by atomic mass is 16.5. The fraction of sp³-hybridized carbons (Fsp3) is 0.714. The maximum atomic E-state index is 6.01. The van der Waals surface area contributed by atoms with Crippen molar-refractivity contribution in [2.24, 2.45) is 0 Å². The van der Waals surface area contributed by atoms with Crippen molar-refractivity contribution in [1.82, 2.24) is 9.97 Å². The van der Waals surface area contributed by atoms with Gasteiger partial charge in [0.15, 0.2) is 0 Å². The summed E-state index contributed by atoms with van der Waals surface area (Å²) in [6.45, 7) is 9.87. The Hall–Kier alpha value is -1.36. The van der Waals surface area contributed by atoms with Crippen LogP contribution in [0.1, 0.15) is 38.6 Å². The van der Waals surface area contributed by atoms with Crippen LogP contribution in [0.2, 0.25) is 0 Å². The summed E-state index contributed by atoms with van der Waals surface area (Å²) in [4.78, 5) is 11.2. The second kappa shape index (κ2) is 7.28. The van der Waals surface area contributed by atoms with Crippen LogP contribution in [-0.2, 0) is 11.2 Å². The standard InChI is InChI=1S/C14H26N4O/c1-6-8-12-16-13(15)11(4)14(17-12)18(7-2)10(3)9-19-5/h10H,6-9H2,1-5H3,(H2,15,16,17). The fourth-order valence-corrected chi connectivity index (χ4v) is 2.18. The summed E-state index contributed by atoms with van der Waals surface area (Å²) in [6.07, 6.45) is 1.87. The van der Waals surface area contributed by atoms with Gasteiger partial charge in [-0.2, -0.15) is 0 Å². The Balaban J connectivity index is 3.14. The number of anilines is 2. The number of aryl methyl sites for hydroxylation is 1. The molecular weight excluding hydrogens is 240 g/mol. The molecule has 1 atom stereocenters. The Morgan fingerprint density at radius 1 is 1.32 bits per heavy atom. The van der Waals surface area contributed by atoms with Crippen LogP contribution in [0.25, 0.3) is 0 Å². The van der Waals surface area contributed by atoms with E-state index in [2.05, 4.69) is 35.6 Å². The normalized spacial score (nSPS) is 12.5. The quantitative estimate of drug-likeness (QED) is 0.819. The molecule has 0 saturated heterocycles. The van der Waals surface area contributed by atoms with Gasteiger partial charge in [-0.05, 0) is 27.2 Å². The zero-order valence-electron chi connectivity index (χ0n) is 12.7. The molecule has 5 heteroatoms. The van der Waals surface area contributed by atoms with Gasteiger partial charge >= 0.3 is 0 Å². The number of hydrogen-bond acceptors (Lipinski definition) is 5. The van der Waals surface area contributed by atoms with Crippen LogP contribution in [-0.4, -0.2) is 36.3 Å². The average molecular weight is 266 g/mol. The maximum Gasteiger partial charge on any atom is 0.137 e. The molecule has 0 aliphatic heterocycles. The second-order valence-electron chi connectivity index (χ2n) is 4.81. The molecule has 1 aromatic heterocycles. The van der Waals surface area contributed by atoms with Crippen molar-refractivity contribution < 1.29 is 4.74 Å². The van der Waals surface area contributed by atoms with E-state index in [1.54, 1.807) is 7.11 Å². The summed E-state index contributed by atoms with van der Waals surface area (Å²) in [7, 11) is 1.72. The van der Waals surface area contributed by atoms with Crippen molar-refractivity contribution in [1.29, 1.82) is 0 Å². The topological polar surface area (TPSA) is 64.3 Å². The summed E-state index contributed by atoms with van der Waals surface area (Å²) in [5.41, 5.74) is 6.96. The molecule has 0 aliphatic rings. The molecule has 0 fully saturated rings. The maximum absolute atomic E-state index is 6.01. The average Bonchev–Trinajstić information content (AvgIpc) is 2.36. The van der Waals surface area contributed by atoms with Crippen LogP contribution in [0.4, 0.5) is 11.6 Å². The van der Waals surface area contributed by atoms with Crippen LogP contribution >= 0.6 is 0 Å². The molecule has 2 N–H and O–H groups in total. The van der Waals surface area contributed by atoms with Crippen molar-refractivity contribution in [3.05, 3.63) is 11.4 Å². The first-order valence-corrected chi connectivity index (χ1v) is 6.93. The largest absolute Gasteiger partial charge is 0.383 e. The minimum absolute atomic E-state index is 0.262. The summed E-state index contributed by atoms with van der Waals surface area (Å²) in [5, 5.41) is 0. The van der Waals surface area contributed by atoms with Gasteiger partial charge in [-0.15, -0.1) is 0 Å². The predicted molar refractivity (Wildman–Crippen MR) is 79.5 cm³/mol. The summed E-state index contributed by atoms with van der Waals surface area (Å²) in [5.74, 6) is 2.34. The van der Waals surface area contributed by atoms with E-state index in [0.29, 0.717) is 12.4 Å². The molecule has 0 saturated carbocycles. The first-order chi connectivity index (χ1) is 9.04. The van der Waals surface area contributed by atoms with E-state index in [-0.39, 0.29) is 6.04 Å². The summed E-state index contributed by atoms with van der Waals surface area (Å²) in [6, 6.07) is 0.262. The molecule has 1 unspecified atom stereocenters. The minimum atomic E-state index is 0.262. The van der Waals surface area contributed by atoms with Crippen molar-refractivity contribution in [3.8, 4) is 0 Å². The zero-order valence-corrected chi connectivity index (χ0v) is 12.7. The smallest absolute Gasteiger partial charge is 0.137 e. The van der Waals surface area contributed by atoms with Gasteiger partial charge in [0.2, 0.25) is 0 Å². The number of nitrogen functional groups attached to an aromatic ring is 1. The molecule has 0 spiro atoms. The van der Waals surface area contributed by atoms with Gasteiger partial charge in [0, 0.05) is 25.6 Å². The van der Waals surface area contributed by atoms with E-state index >= 15 is 0 Å². The number of nitrogens with two attached hydrogens (primary N) is 1. The lowest BCUT2D eigenvalue weighted by molar-refractivity contribution is 0.181. The van der Waals surface area contributed by atoms with Crippen molar-refractivity contribution in [2.75, 3.05) is 30.9 Å². The zero-order chi connectivity index (χ0) is 14.4. The Labute approximate surface area is 116 Å². The molecule has 0 radical (unpaired) electrons. The number of rotatable bonds is 7. The highest BCUT2D eigenvalue weighted by Gasteiger charge is 2.18. The van der Waals surface area contributed by atoms with Gasteiger partial charge in [-0.1, -0.05) is 6.92 Å². The Morgan fingerprint density at radius 3 is 2.53 bits per heavy atom. The van der Waals surface area contributed by atoms with Crippen molar-refractivity contribution in [3.63, 3.8) is 0 Å². The molecule has 1 rings (SSSR count). The first-order valence-electron chi connectivity index (χ1n) is 6.93. The fourth-order valence-electron chi connectivity index (χ4n) is 2.18. The Kier molecular flexibility index (Phi) is 6.02. The predicted octanol–water partition coefficient (Wildman–Crippen LogP) is 2.18. The van der Waals surface area contributed by atoms with Gasteiger partial charge in [-0.3, -0.25) is 0 Å². The third-order valence-electron chi connectivity index (χ3n) is 3.23. The molecule has 0 amide bonds. The van der Waals surface area contributed by atoms with E-state index in [9.17, 15) is 0 Å². The molecule has 5 nitrogen and oxygen atoms in total. The lowest BCUT2D eigenvalue weighted by Gasteiger charge is -2.30. The number of likely N-dealkylation sites (N-methyl/N-ethyl adjacent to an activating group) is 1. The molecule has 0 aromatic carbocycles. The van der Waals surface area contributed by atoms with E-state index in [0.717, 1.165) is 36.6 Å². The van der Waals surface area contributed by atoms with E-state index in [1.165, 1.54) is 0 Å². The Bertz CT molecular complexity index is 409. The monoisotopic (exact) mass is 266 g/mol. The highest BCUT2D eigenvalue weighted by Crippen LogP contribution is 2.23. The van der Waals surface area contributed by atoms with Gasteiger partial charge in [0.05, 0.1) is 12.6 Å². The van der Waals surface area contributed by atoms with Crippen LogP contribution in [0.5, 0.6) is 0 Å². The number of methoxy groups -OCH3 is 1. The van der Waals surface area contributed by atoms with E-state index in [4.69, 9.17) is 10.5 Å². The summed E-state index contributed by atoms with van der Waals surface area (Å²) < 4.78 is 5.24. The summed E-state index contributed by atoms with van der Waals surface area (Å²) >= 11 is 0. The first kappa shape index (κ1) is 15.7. The number of nitrogens with zero attached hydrogens (tertiary/aromatic N) is 3. The molecule has 1 heterocycles. The number of hydrogen-bond donors (Lipinski definition) is 1. The van der Waals surface area contributed by atoms with E-state index in [1.807, 2.05) is 6.92 Å². The lowest BCUT2D eigenvalue weighted by atomic mass is 10.2. The third kappa shape index (κ3) is 3.80. The van der Waals surface area contributed by atoms with Gasteiger partial charge in [0.25, 0.3) is 0 Å². The van der Waals surface area contributed by atoms with Crippen LogP contribution in [0, 0.1) is 6.92 Å². The minimum Gasteiger partial charge on any atom is -0.383 e. The number of ether oxygens (including phenoxy) is 1. The third-order valence-corrected chi connectivity index (χ3v) is 3.23. The molecule has 0 bridgehead atoms. The SMILES string of the molecule is CCCc1nc(N)c(C)c(N(CC)C(C)COC)n1. The molecule has 1 aromatic rings. The van der Waals surface area contributed by atoms with Crippen molar-refractivity contribution in [2.45, 2.75) is 46.6 Å². The van der Waals surface area contributed by atoms with Crippen LogP contribution in [0.3, 0.4) is 0 Å². The molecular formula is C14H26N4O. The molecule has 108 valence electrons. The second-order valence-corrected chi connectivity index (χ2v) is 4.81. The Morgan fingerprint density at radius 2 is 2.00 bits per heavy atom. The van der Waals surface area contributed by atoms with Gasteiger partial charge in [-0.25, -0.2) is 9.97 Å². The van der Waals surface area contributed by atoms with Gasteiger partial charge in [0.1, 0.15) is 17.5 Å². The number of aromatic nitrogens is 2. The lowest BCUT2D eigenvalue weighted by Crippen LogP contribution is -2.37. The molecule has 19 heavy (non-hydrogen) atoms. The van der Waals surface area contributed by atoms with Gasteiger partial charge < -0.3 is 15.4 Å². The molecule has 0 aliphatic carbocycles. The highest BCUT2D eigenvalue weighted by molar-refractivity contribution is 5.57. The van der Waals surface area contributed by atoms with E-state index < -0.39 is 0 Å².